The molecule has 1 N–H and O–H groups in total. The summed E-state index contributed by atoms with van der Waals surface area (Å²) in [4.78, 5) is 23.1. The Hall–Kier alpha value is -2.43. The third-order valence-electron chi connectivity index (χ3n) is 4.63. The maximum atomic E-state index is 12.5. The Morgan fingerprint density at radius 2 is 1.60 bits per heavy atom. The summed E-state index contributed by atoms with van der Waals surface area (Å²) < 4.78 is 0. The van der Waals surface area contributed by atoms with Crippen LogP contribution in [-0.4, -0.2) is 33.9 Å². The van der Waals surface area contributed by atoms with Crippen molar-refractivity contribution in [2.75, 3.05) is 18.4 Å². The van der Waals surface area contributed by atoms with Crippen LogP contribution >= 0.6 is 0 Å². The molecule has 0 aliphatic carbocycles. The highest BCUT2D eigenvalue weighted by Gasteiger charge is 2.17. The summed E-state index contributed by atoms with van der Waals surface area (Å²) in [6, 6.07) is 8.25. The minimum absolute atomic E-state index is 0.0368. The number of benzene rings is 1. The van der Waals surface area contributed by atoms with Crippen molar-refractivity contribution >= 4 is 17.5 Å². The molecule has 0 spiro atoms. The molecule has 1 amide bonds. The standard InChI is InChI=1S/C20H26N4O/c1-15(2)16-7-9-18(10-8-16)23-20-21-13-17(14-22-20)19(25)24-11-5-3-4-6-12-24/h7-10,13-15H,3-6,11-12H2,1-2H3,(H,21,22,23). The second kappa shape index (κ2) is 8.10. The molecule has 132 valence electrons. The van der Waals surface area contributed by atoms with Crippen LogP contribution in [-0.2, 0) is 0 Å². The smallest absolute Gasteiger partial charge is 0.256 e. The first-order chi connectivity index (χ1) is 12.1. The van der Waals surface area contributed by atoms with E-state index in [1.165, 1.54) is 18.4 Å². The van der Waals surface area contributed by atoms with E-state index < -0.39 is 0 Å². The van der Waals surface area contributed by atoms with Gasteiger partial charge in [-0.1, -0.05) is 38.8 Å². The lowest BCUT2D eigenvalue weighted by Crippen LogP contribution is -2.32. The average Bonchev–Trinajstić information content (AvgIpc) is 2.92. The molecular formula is C20H26N4O. The summed E-state index contributed by atoms with van der Waals surface area (Å²) >= 11 is 0. The summed E-state index contributed by atoms with van der Waals surface area (Å²) in [6.45, 7) is 6.01. The first-order valence-electron chi connectivity index (χ1n) is 9.12. The zero-order valence-electron chi connectivity index (χ0n) is 15.0. The molecule has 0 bridgehead atoms. The predicted octanol–water partition coefficient (Wildman–Crippen LogP) is 4.36. The van der Waals surface area contributed by atoms with Crippen LogP contribution in [0.5, 0.6) is 0 Å². The molecule has 0 unspecified atom stereocenters. The highest BCUT2D eigenvalue weighted by molar-refractivity contribution is 5.93. The van der Waals surface area contributed by atoms with Gasteiger partial charge in [0.2, 0.25) is 5.95 Å². The van der Waals surface area contributed by atoms with Crippen molar-refractivity contribution in [3.05, 3.63) is 47.8 Å². The number of carbonyl (C=O) groups excluding carboxylic acids is 1. The van der Waals surface area contributed by atoms with Gasteiger partial charge < -0.3 is 10.2 Å². The van der Waals surface area contributed by atoms with E-state index in [2.05, 4.69) is 41.3 Å². The fourth-order valence-corrected chi connectivity index (χ4v) is 3.04. The lowest BCUT2D eigenvalue weighted by atomic mass is 10.0. The zero-order chi connectivity index (χ0) is 17.6. The number of likely N-dealkylation sites (tertiary alicyclic amines) is 1. The molecule has 1 aliphatic rings. The Labute approximate surface area is 149 Å². The Kier molecular flexibility index (Phi) is 5.64. The van der Waals surface area contributed by atoms with Gasteiger partial charge in [-0.25, -0.2) is 9.97 Å². The first kappa shape index (κ1) is 17.4. The minimum Gasteiger partial charge on any atom is -0.339 e. The van der Waals surface area contributed by atoms with Gasteiger partial charge >= 0.3 is 0 Å². The fraction of sp³-hybridized carbons (Fsp3) is 0.450. The molecule has 1 fully saturated rings. The van der Waals surface area contributed by atoms with Crippen LogP contribution in [0.25, 0.3) is 0 Å². The molecule has 1 saturated heterocycles. The number of amides is 1. The average molecular weight is 338 g/mol. The maximum absolute atomic E-state index is 12.5. The Balaban J connectivity index is 1.64. The lowest BCUT2D eigenvalue weighted by Gasteiger charge is -2.19. The second-order valence-corrected chi connectivity index (χ2v) is 6.90. The van der Waals surface area contributed by atoms with Gasteiger partial charge in [0.05, 0.1) is 5.56 Å². The van der Waals surface area contributed by atoms with Crippen LogP contribution in [0.3, 0.4) is 0 Å². The zero-order valence-corrected chi connectivity index (χ0v) is 15.0. The molecule has 0 atom stereocenters. The SMILES string of the molecule is CC(C)c1ccc(Nc2ncc(C(=O)N3CCCCCC3)cn2)cc1. The number of nitrogens with zero attached hydrogens (tertiary/aromatic N) is 3. The number of nitrogens with one attached hydrogen (secondary N) is 1. The van der Waals surface area contributed by atoms with Gasteiger partial charge in [-0.3, -0.25) is 4.79 Å². The van der Waals surface area contributed by atoms with Gasteiger partial charge in [-0.05, 0) is 36.5 Å². The molecular weight excluding hydrogens is 312 g/mol. The largest absolute Gasteiger partial charge is 0.339 e. The number of rotatable bonds is 4. The van der Waals surface area contributed by atoms with E-state index in [4.69, 9.17) is 0 Å². The van der Waals surface area contributed by atoms with E-state index in [1.54, 1.807) is 12.4 Å². The number of carbonyl (C=O) groups is 1. The van der Waals surface area contributed by atoms with Gasteiger partial charge in [-0.2, -0.15) is 0 Å². The summed E-state index contributed by atoms with van der Waals surface area (Å²) in [7, 11) is 0. The molecule has 1 aliphatic heterocycles. The van der Waals surface area contributed by atoms with Gasteiger partial charge in [0.25, 0.3) is 5.91 Å². The van der Waals surface area contributed by atoms with Gasteiger partial charge in [-0.15, -0.1) is 0 Å². The molecule has 0 radical (unpaired) electrons. The van der Waals surface area contributed by atoms with Crippen molar-refractivity contribution in [1.29, 1.82) is 0 Å². The first-order valence-corrected chi connectivity index (χ1v) is 9.12. The van der Waals surface area contributed by atoms with Crippen molar-refractivity contribution in [3.63, 3.8) is 0 Å². The Bertz CT molecular complexity index is 687. The third kappa shape index (κ3) is 4.56. The van der Waals surface area contributed by atoms with Crippen molar-refractivity contribution in [3.8, 4) is 0 Å². The summed E-state index contributed by atoms with van der Waals surface area (Å²) in [6.07, 6.45) is 7.81. The molecule has 2 heterocycles. The van der Waals surface area contributed by atoms with Crippen LogP contribution in [0.15, 0.2) is 36.7 Å². The molecule has 0 saturated carbocycles. The summed E-state index contributed by atoms with van der Waals surface area (Å²) in [5.74, 6) is 1.05. The van der Waals surface area contributed by atoms with Crippen molar-refractivity contribution in [2.24, 2.45) is 0 Å². The summed E-state index contributed by atoms with van der Waals surface area (Å²) in [5, 5.41) is 3.18. The van der Waals surface area contributed by atoms with Gasteiger partial charge in [0, 0.05) is 31.2 Å². The van der Waals surface area contributed by atoms with Crippen LogP contribution in [0, 0.1) is 0 Å². The van der Waals surface area contributed by atoms with Gasteiger partial charge in [0.1, 0.15) is 0 Å². The number of hydrogen-bond donors (Lipinski definition) is 1. The van der Waals surface area contributed by atoms with Crippen LogP contribution in [0.2, 0.25) is 0 Å². The van der Waals surface area contributed by atoms with E-state index in [-0.39, 0.29) is 5.91 Å². The third-order valence-corrected chi connectivity index (χ3v) is 4.63. The monoisotopic (exact) mass is 338 g/mol. The Morgan fingerprint density at radius 3 is 2.16 bits per heavy atom. The second-order valence-electron chi connectivity index (χ2n) is 6.90. The van der Waals surface area contributed by atoms with Crippen LogP contribution < -0.4 is 5.32 Å². The van der Waals surface area contributed by atoms with Gasteiger partial charge in [0.15, 0.2) is 0 Å². The van der Waals surface area contributed by atoms with E-state index in [0.717, 1.165) is 31.6 Å². The van der Waals surface area contributed by atoms with E-state index >= 15 is 0 Å². The highest BCUT2D eigenvalue weighted by Crippen LogP contribution is 2.19. The summed E-state index contributed by atoms with van der Waals surface area (Å²) in [5.41, 5.74) is 2.79. The molecule has 25 heavy (non-hydrogen) atoms. The molecule has 1 aromatic carbocycles. The van der Waals surface area contributed by atoms with E-state index in [1.807, 2.05) is 17.0 Å². The van der Waals surface area contributed by atoms with Crippen molar-refractivity contribution < 1.29 is 4.79 Å². The van der Waals surface area contributed by atoms with E-state index in [0.29, 0.717) is 17.4 Å². The molecule has 2 aromatic rings. The number of aromatic nitrogens is 2. The quantitative estimate of drug-likeness (QED) is 0.900. The minimum atomic E-state index is 0.0368. The van der Waals surface area contributed by atoms with E-state index in [9.17, 15) is 4.79 Å². The Morgan fingerprint density at radius 1 is 1.00 bits per heavy atom. The number of anilines is 2. The molecule has 3 rings (SSSR count). The fourth-order valence-electron chi connectivity index (χ4n) is 3.04. The van der Waals surface area contributed by atoms with Crippen molar-refractivity contribution in [2.45, 2.75) is 45.4 Å². The van der Waals surface area contributed by atoms with Crippen molar-refractivity contribution in [1.82, 2.24) is 14.9 Å². The predicted molar refractivity (Wildman–Crippen MR) is 100 cm³/mol. The normalized spacial score (nSPS) is 15.1. The molecule has 5 nitrogen and oxygen atoms in total. The maximum Gasteiger partial charge on any atom is 0.256 e. The number of hydrogen-bond acceptors (Lipinski definition) is 4. The highest BCUT2D eigenvalue weighted by atomic mass is 16.2. The molecule has 1 aromatic heterocycles. The lowest BCUT2D eigenvalue weighted by molar-refractivity contribution is 0.0761. The van der Waals surface area contributed by atoms with Crippen LogP contribution in [0.1, 0.15) is 61.4 Å². The van der Waals surface area contributed by atoms with Crippen LogP contribution in [0.4, 0.5) is 11.6 Å². The topological polar surface area (TPSA) is 58.1 Å². The molecule has 5 heteroatoms.